The summed E-state index contributed by atoms with van der Waals surface area (Å²) < 4.78 is 0. The lowest BCUT2D eigenvalue weighted by Gasteiger charge is -2.16. The van der Waals surface area contributed by atoms with E-state index in [9.17, 15) is 9.90 Å². The number of nitrogens with one attached hydrogen (secondary N) is 1. The molecule has 6 nitrogen and oxygen atoms in total. The molecule has 1 aromatic heterocycles. The van der Waals surface area contributed by atoms with Crippen molar-refractivity contribution in [3.05, 3.63) is 58.3 Å². The zero-order valence-corrected chi connectivity index (χ0v) is 14.7. The van der Waals surface area contributed by atoms with Crippen molar-refractivity contribution in [1.82, 2.24) is 10.3 Å². The molecular formula is C17H16Cl2N4O2. The highest BCUT2D eigenvalue weighted by molar-refractivity contribution is 6.42. The number of halogens is 2. The van der Waals surface area contributed by atoms with Crippen LogP contribution >= 0.6 is 23.2 Å². The van der Waals surface area contributed by atoms with Gasteiger partial charge in [0.05, 0.1) is 27.8 Å². The van der Waals surface area contributed by atoms with Gasteiger partial charge in [-0.2, -0.15) is 5.10 Å². The van der Waals surface area contributed by atoms with Gasteiger partial charge in [0.25, 0.3) is 5.91 Å². The second-order valence-corrected chi connectivity index (χ2v) is 6.39. The number of nitrogens with zero attached hydrogens (tertiary/aromatic N) is 3. The average molecular weight is 379 g/mol. The van der Waals surface area contributed by atoms with Crippen molar-refractivity contribution < 1.29 is 9.90 Å². The van der Waals surface area contributed by atoms with Crippen molar-refractivity contribution in [3.8, 4) is 0 Å². The first-order chi connectivity index (χ1) is 12.1. The number of amidine groups is 1. The van der Waals surface area contributed by atoms with Crippen molar-refractivity contribution in [3.63, 3.8) is 0 Å². The Morgan fingerprint density at radius 1 is 1.32 bits per heavy atom. The summed E-state index contributed by atoms with van der Waals surface area (Å²) in [6, 6.07) is 8.59. The first kappa shape index (κ1) is 17.7. The minimum Gasteiger partial charge on any atom is -0.396 e. The van der Waals surface area contributed by atoms with Gasteiger partial charge >= 0.3 is 0 Å². The molecule has 1 aliphatic rings. The molecule has 2 aromatic rings. The van der Waals surface area contributed by atoms with Gasteiger partial charge in [-0.05, 0) is 36.8 Å². The highest BCUT2D eigenvalue weighted by atomic mass is 35.5. The molecule has 1 amide bonds. The summed E-state index contributed by atoms with van der Waals surface area (Å²) in [5.74, 6) is 0.125. The number of anilines is 1. The average Bonchev–Trinajstić information content (AvgIpc) is 3.01. The highest BCUT2D eigenvalue weighted by Gasteiger charge is 2.29. The number of aliphatic hydroxyl groups excluding tert-OH is 1. The number of hydrogen-bond acceptors (Lipinski definition) is 5. The first-order valence-corrected chi connectivity index (χ1v) is 8.47. The minimum atomic E-state index is -0.286. The standard InChI is InChI=1S/C17H16Cl2N4O2/c18-14-4-3-13(8-15(14)19)23-10-12(5-7-24)16(22-23)21-17(25)11-2-1-6-20-9-11/h1-4,6,8-9,12,24H,5,7,10H2,(H,21,22,25). The molecule has 25 heavy (non-hydrogen) atoms. The minimum absolute atomic E-state index is 0.00165. The molecule has 0 radical (unpaired) electrons. The van der Waals surface area contributed by atoms with Gasteiger partial charge in [-0.25, -0.2) is 0 Å². The Labute approximate surface area is 155 Å². The molecule has 2 heterocycles. The molecule has 0 fully saturated rings. The van der Waals surface area contributed by atoms with Gasteiger partial charge in [0.15, 0.2) is 0 Å². The van der Waals surface area contributed by atoms with Crippen LogP contribution < -0.4 is 10.3 Å². The first-order valence-electron chi connectivity index (χ1n) is 7.72. The Morgan fingerprint density at radius 3 is 2.84 bits per heavy atom. The van der Waals surface area contributed by atoms with E-state index in [4.69, 9.17) is 23.2 Å². The van der Waals surface area contributed by atoms with E-state index in [0.29, 0.717) is 34.4 Å². The molecular weight excluding hydrogens is 363 g/mol. The van der Waals surface area contributed by atoms with Crippen LogP contribution in [0, 0.1) is 5.92 Å². The number of carbonyl (C=O) groups excluding carboxylic acids is 1. The SMILES string of the molecule is O=C(NC1=NN(c2ccc(Cl)c(Cl)c2)CC1CCO)c1cccnc1. The molecule has 2 N–H and O–H groups in total. The van der Waals surface area contributed by atoms with Gasteiger partial charge in [0, 0.05) is 24.9 Å². The van der Waals surface area contributed by atoms with E-state index in [0.717, 1.165) is 5.69 Å². The third-order valence-corrected chi connectivity index (χ3v) is 4.59. The smallest absolute Gasteiger partial charge is 0.258 e. The van der Waals surface area contributed by atoms with Gasteiger partial charge in [-0.1, -0.05) is 23.2 Å². The van der Waals surface area contributed by atoms with Crippen LogP contribution in [-0.2, 0) is 0 Å². The maximum Gasteiger partial charge on any atom is 0.258 e. The van der Waals surface area contributed by atoms with Gasteiger partial charge in [0.1, 0.15) is 5.84 Å². The molecule has 1 aromatic carbocycles. The lowest BCUT2D eigenvalue weighted by atomic mass is 10.1. The van der Waals surface area contributed by atoms with Crippen LogP contribution in [0.1, 0.15) is 16.8 Å². The normalized spacial score (nSPS) is 16.7. The van der Waals surface area contributed by atoms with E-state index in [2.05, 4.69) is 15.4 Å². The van der Waals surface area contributed by atoms with Crippen molar-refractivity contribution in [2.24, 2.45) is 11.0 Å². The summed E-state index contributed by atoms with van der Waals surface area (Å²) in [4.78, 5) is 16.3. The van der Waals surface area contributed by atoms with Crippen LogP contribution in [0.25, 0.3) is 0 Å². The Kier molecular flexibility index (Phi) is 5.53. The second-order valence-electron chi connectivity index (χ2n) is 5.57. The van der Waals surface area contributed by atoms with Crippen molar-refractivity contribution in [2.75, 3.05) is 18.2 Å². The predicted molar refractivity (Wildman–Crippen MR) is 98.1 cm³/mol. The van der Waals surface area contributed by atoms with Gasteiger partial charge < -0.3 is 10.4 Å². The molecule has 3 rings (SSSR count). The van der Waals surface area contributed by atoms with Crippen LogP contribution in [0.15, 0.2) is 47.8 Å². The summed E-state index contributed by atoms with van der Waals surface area (Å²) in [5.41, 5.74) is 1.21. The van der Waals surface area contributed by atoms with Crippen LogP contribution in [0.5, 0.6) is 0 Å². The fourth-order valence-electron chi connectivity index (χ4n) is 2.55. The number of aromatic nitrogens is 1. The molecule has 8 heteroatoms. The zero-order valence-electron chi connectivity index (χ0n) is 13.2. The number of rotatable bonds is 4. The topological polar surface area (TPSA) is 77.8 Å². The van der Waals surface area contributed by atoms with Crippen molar-refractivity contribution in [2.45, 2.75) is 6.42 Å². The Hall–Kier alpha value is -2.15. The fraction of sp³-hybridized carbons (Fsp3) is 0.235. The molecule has 0 bridgehead atoms. The molecule has 0 aliphatic carbocycles. The molecule has 1 atom stereocenters. The second kappa shape index (κ2) is 7.82. The quantitative estimate of drug-likeness (QED) is 0.856. The molecule has 130 valence electrons. The van der Waals surface area contributed by atoms with E-state index in [1.54, 1.807) is 41.5 Å². The molecule has 1 aliphatic heterocycles. The van der Waals surface area contributed by atoms with Crippen LogP contribution in [0.4, 0.5) is 5.69 Å². The van der Waals surface area contributed by atoms with Crippen molar-refractivity contribution in [1.29, 1.82) is 0 Å². The largest absolute Gasteiger partial charge is 0.396 e. The molecule has 0 spiro atoms. The lowest BCUT2D eigenvalue weighted by molar-refractivity contribution is 0.0975. The number of carbonyl (C=O) groups is 1. The molecule has 0 saturated heterocycles. The Morgan fingerprint density at radius 2 is 2.16 bits per heavy atom. The summed E-state index contributed by atoms with van der Waals surface area (Å²) in [6.07, 6.45) is 3.58. The summed E-state index contributed by atoms with van der Waals surface area (Å²) in [5, 5.41) is 19.2. The number of amides is 1. The number of aliphatic hydroxyl groups is 1. The zero-order chi connectivity index (χ0) is 17.8. The van der Waals surface area contributed by atoms with E-state index in [1.165, 1.54) is 6.20 Å². The maximum atomic E-state index is 12.3. The van der Waals surface area contributed by atoms with Gasteiger partial charge in [-0.3, -0.25) is 14.8 Å². The Bertz CT molecular complexity index is 798. The summed E-state index contributed by atoms with van der Waals surface area (Å²) in [6.45, 7) is 0.531. The number of hydrazone groups is 1. The number of benzene rings is 1. The number of pyridine rings is 1. The lowest BCUT2D eigenvalue weighted by Crippen LogP contribution is -2.35. The van der Waals surface area contributed by atoms with E-state index < -0.39 is 0 Å². The molecule has 0 saturated carbocycles. The summed E-state index contributed by atoms with van der Waals surface area (Å²) >= 11 is 12.0. The van der Waals surface area contributed by atoms with Crippen LogP contribution in [-0.4, -0.2) is 35.0 Å². The summed E-state index contributed by atoms with van der Waals surface area (Å²) in [7, 11) is 0. The van der Waals surface area contributed by atoms with Gasteiger partial charge in [-0.15, -0.1) is 0 Å². The van der Waals surface area contributed by atoms with Gasteiger partial charge in [0.2, 0.25) is 0 Å². The van der Waals surface area contributed by atoms with Crippen molar-refractivity contribution >= 4 is 40.6 Å². The Balaban J connectivity index is 1.81. The third kappa shape index (κ3) is 4.10. The maximum absolute atomic E-state index is 12.3. The van der Waals surface area contributed by atoms with Crippen LogP contribution in [0.2, 0.25) is 10.0 Å². The third-order valence-electron chi connectivity index (χ3n) is 3.85. The highest BCUT2D eigenvalue weighted by Crippen LogP contribution is 2.30. The number of hydrogen-bond donors (Lipinski definition) is 2. The molecule has 1 unspecified atom stereocenters. The van der Waals surface area contributed by atoms with Crippen LogP contribution in [0.3, 0.4) is 0 Å². The van der Waals surface area contributed by atoms with E-state index >= 15 is 0 Å². The van der Waals surface area contributed by atoms with E-state index in [1.807, 2.05) is 0 Å². The monoisotopic (exact) mass is 378 g/mol. The fourth-order valence-corrected chi connectivity index (χ4v) is 2.85. The van der Waals surface area contributed by atoms with E-state index in [-0.39, 0.29) is 18.4 Å². The predicted octanol–water partition coefficient (Wildman–Crippen LogP) is 2.95.